The molecule has 23 heavy (non-hydrogen) atoms. The Kier molecular flexibility index (Phi) is 7.58. The van der Waals surface area contributed by atoms with Crippen LogP contribution < -0.4 is 11.1 Å². The summed E-state index contributed by atoms with van der Waals surface area (Å²) in [5.41, 5.74) is 5.62. The molecule has 2 aliphatic carbocycles. The first-order chi connectivity index (χ1) is 10.1. The fourth-order valence-corrected chi connectivity index (χ4v) is 3.35. The highest BCUT2D eigenvalue weighted by Gasteiger charge is 2.40. The van der Waals surface area contributed by atoms with Crippen molar-refractivity contribution in [3.63, 3.8) is 0 Å². The SMILES string of the molecule is Cl.Cl.NC1(C(=O)N2CCN(CC(=O)NC3CC3)CC2)CCCC1. The minimum atomic E-state index is -0.620. The second kappa shape index (κ2) is 8.51. The monoisotopic (exact) mass is 366 g/mol. The Balaban J connectivity index is 0.00000132. The van der Waals surface area contributed by atoms with E-state index in [0.717, 1.165) is 51.6 Å². The van der Waals surface area contributed by atoms with Gasteiger partial charge < -0.3 is 16.0 Å². The summed E-state index contributed by atoms with van der Waals surface area (Å²) in [6, 6.07) is 0.417. The van der Waals surface area contributed by atoms with Crippen LogP contribution in [0.15, 0.2) is 0 Å². The van der Waals surface area contributed by atoms with Gasteiger partial charge in [0.1, 0.15) is 0 Å². The third-order valence-electron chi connectivity index (χ3n) is 4.89. The van der Waals surface area contributed by atoms with Crippen molar-refractivity contribution in [3.8, 4) is 0 Å². The highest BCUT2D eigenvalue weighted by molar-refractivity contribution is 5.86. The lowest BCUT2D eigenvalue weighted by Gasteiger charge is -2.38. The molecule has 0 radical (unpaired) electrons. The third kappa shape index (κ3) is 5.21. The Hall–Kier alpha value is -0.560. The van der Waals surface area contributed by atoms with Crippen LogP contribution in [0.5, 0.6) is 0 Å². The summed E-state index contributed by atoms with van der Waals surface area (Å²) in [5, 5.41) is 3.00. The molecule has 2 amide bonds. The zero-order valence-electron chi connectivity index (χ0n) is 13.5. The van der Waals surface area contributed by atoms with E-state index in [-0.39, 0.29) is 36.6 Å². The number of halogens is 2. The smallest absolute Gasteiger partial charge is 0.242 e. The van der Waals surface area contributed by atoms with Crippen LogP contribution in [0.4, 0.5) is 0 Å². The van der Waals surface area contributed by atoms with Crippen LogP contribution in [0.3, 0.4) is 0 Å². The summed E-state index contributed by atoms with van der Waals surface area (Å²) >= 11 is 0. The lowest BCUT2D eigenvalue weighted by atomic mass is 9.97. The average molecular weight is 367 g/mol. The van der Waals surface area contributed by atoms with Gasteiger partial charge in [0.25, 0.3) is 0 Å². The summed E-state index contributed by atoms with van der Waals surface area (Å²) < 4.78 is 0. The average Bonchev–Trinajstić information content (AvgIpc) is 3.17. The minimum Gasteiger partial charge on any atom is -0.352 e. The lowest BCUT2D eigenvalue weighted by Crippen LogP contribution is -2.59. The van der Waals surface area contributed by atoms with Gasteiger partial charge in [-0.2, -0.15) is 0 Å². The van der Waals surface area contributed by atoms with Gasteiger partial charge in [0.15, 0.2) is 0 Å². The van der Waals surface area contributed by atoms with E-state index in [1.54, 1.807) is 0 Å². The van der Waals surface area contributed by atoms with Crippen LogP contribution in [-0.4, -0.2) is 65.9 Å². The van der Waals surface area contributed by atoms with E-state index in [0.29, 0.717) is 25.7 Å². The van der Waals surface area contributed by atoms with Crippen molar-refractivity contribution in [2.45, 2.75) is 50.1 Å². The minimum absolute atomic E-state index is 0. The summed E-state index contributed by atoms with van der Waals surface area (Å²) in [5.74, 6) is 0.227. The molecule has 0 atom stereocenters. The van der Waals surface area contributed by atoms with Crippen molar-refractivity contribution in [3.05, 3.63) is 0 Å². The number of rotatable bonds is 4. The summed E-state index contributed by atoms with van der Waals surface area (Å²) in [7, 11) is 0. The van der Waals surface area contributed by atoms with Crippen molar-refractivity contribution < 1.29 is 9.59 Å². The number of hydrogen-bond donors (Lipinski definition) is 2. The topological polar surface area (TPSA) is 78.7 Å². The molecule has 0 aromatic rings. The Bertz CT molecular complexity index is 418. The van der Waals surface area contributed by atoms with E-state index < -0.39 is 5.54 Å². The molecule has 3 rings (SSSR count). The number of carbonyl (C=O) groups is 2. The summed E-state index contributed by atoms with van der Waals surface area (Å²) in [6.45, 7) is 3.36. The molecule has 1 heterocycles. The molecule has 8 heteroatoms. The molecule has 2 saturated carbocycles. The van der Waals surface area contributed by atoms with Gasteiger partial charge in [-0.3, -0.25) is 14.5 Å². The highest BCUT2D eigenvalue weighted by atomic mass is 35.5. The standard InChI is InChI=1S/C15H26N4O2.2ClH/c16-15(5-1-2-6-15)14(21)19-9-7-18(8-10-19)11-13(20)17-12-3-4-12;;/h12H,1-11,16H2,(H,17,20);2*1H. The predicted octanol–water partition coefficient (Wildman–Crippen LogP) is 0.524. The molecule has 3 N–H and O–H groups in total. The van der Waals surface area contributed by atoms with E-state index in [2.05, 4.69) is 10.2 Å². The van der Waals surface area contributed by atoms with Gasteiger partial charge in [0, 0.05) is 32.2 Å². The molecule has 1 saturated heterocycles. The lowest BCUT2D eigenvalue weighted by molar-refractivity contribution is -0.138. The van der Waals surface area contributed by atoms with Crippen LogP contribution >= 0.6 is 24.8 Å². The van der Waals surface area contributed by atoms with Gasteiger partial charge >= 0.3 is 0 Å². The second-order valence-electron chi connectivity index (χ2n) is 6.77. The van der Waals surface area contributed by atoms with E-state index in [1.807, 2.05) is 4.90 Å². The van der Waals surface area contributed by atoms with Gasteiger partial charge in [0.05, 0.1) is 12.1 Å². The first-order valence-corrected chi connectivity index (χ1v) is 8.17. The predicted molar refractivity (Wildman–Crippen MR) is 94.1 cm³/mol. The molecular formula is C15H28Cl2N4O2. The largest absolute Gasteiger partial charge is 0.352 e. The molecule has 134 valence electrons. The third-order valence-corrected chi connectivity index (χ3v) is 4.89. The number of nitrogens with two attached hydrogens (primary N) is 1. The van der Waals surface area contributed by atoms with Crippen molar-refractivity contribution in [2.24, 2.45) is 5.73 Å². The maximum atomic E-state index is 12.5. The molecule has 0 bridgehead atoms. The molecule has 0 unspecified atom stereocenters. The van der Waals surface area contributed by atoms with Crippen molar-refractivity contribution in [2.75, 3.05) is 32.7 Å². The number of carbonyl (C=O) groups excluding carboxylic acids is 2. The molecule has 0 aromatic carbocycles. The van der Waals surface area contributed by atoms with Crippen LogP contribution in [0.25, 0.3) is 0 Å². The Morgan fingerprint density at radius 1 is 1.04 bits per heavy atom. The Morgan fingerprint density at radius 2 is 1.61 bits per heavy atom. The summed E-state index contributed by atoms with van der Waals surface area (Å²) in [4.78, 5) is 28.3. The fourth-order valence-electron chi connectivity index (χ4n) is 3.35. The number of amides is 2. The van der Waals surface area contributed by atoms with E-state index in [9.17, 15) is 9.59 Å². The number of piperazine rings is 1. The zero-order chi connectivity index (χ0) is 14.9. The Labute approximate surface area is 150 Å². The molecule has 6 nitrogen and oxygen atoms in total. The van der Waals surface area contributed by atoms with Gasteiger partial charge in [-0.15, -0.1) is 24.8 Å². The quantitative estimate of drug-likeness (QED) is 0.760. The highest BCUT2D eigenvalue weighted by Crippen LogP contribution is 2.29. The number of nitrogens with one attached hydrogen (secondary N) is 1. The van der Waals surface area contributed by atoms with Crippen LogP contribution in [-0.2, 0) is 9.59 Å². The first-order valence-electron chi connectivity index (χ1n) is 8.17. The summed E-state index contributed by atoms with van der Waals surface area (Å²) in [6.07, 6.45) is 5.98. The van der Waals surface area contributed by atoms with Gasteiger partial charge in [-0.1, -0.05) is 12.8 Å². The molecular weight excluding hydrogens is 339 g/mol. The van der Waals surface area contributed by atoms with Gasteiger partial charge in [0.2, 0.25) is 11.8 Å². The molecule has 0 aromatic heterocycles. The van der Waals surface area contributed by atoms with Crippen molar-refractivity contribution in [1.82, 2.24) is 15.1 Å². The van der Waals surface area contributed by atoms with E-state index in [4.69, 9.17) is 5.73 Å². The zero-order valence-corrected chi connectivity index (χ0v) is 15.1. The molecule has 3 fully saturated rings. The fraction of sp³-hybridized carbons (Fsp3) is 0.867. The van der Waals surface area contributed by atoms with Crippen LogP contribution in [0.1, 0.15) is 38.5 Å². The molecule has 0 spiro atoms. The normalized spacial score (nSPS) is 23.6. The van der Waals surface area contributed by atoms with Crippen LogP contribution in [0, 0.1) is 0 Å². The Morgan fingerprint density at radius 3 is 2.13 bits per heavy atom. The maximum absolute atomic E-state index is 12.5. The maximum Gasteiger partial charge on any atom is 0.242 e. The van der Waals surface area contributed by atoms with Crippen molar-refractivity contribution >= 4 is 36.6 Å². The van der Waals surface area contributed by atoms with E-state index >= 15 is 0 Å². The number of nitrogens with zero attached hydrogens (tertiary/aromatic N) is 2. The van der Waals surface area contributed by atoms with Crippen molar-refractivity contribution in [1.29, 1.82) is 0 Å². The van der Waals surface area contributed by atoms with E-state index in [1.165, 1.54) is 0 Å². The first kappa shape index (κ1) is 20.5. The molecule has 1 aliphatic heterocycles. The second-order valence-corrected chi connectivity index (χ2v) is 6.77. The number of hydrogen-bond acceptors (Lipinski definition) is 4. The van der Waals surface area contributed by atoms with Crippen LogP contribution in [0.2, 0.25) is 0 Å². The van der Waals surface area contributed by atoms with Gasteiger partial charge in [-0.05, 0) is 25.7 Å². The molecule has 3 aliphatic rings. The van der Waals surface area contributed by atoms with Gasteiger partial charge in [-0.25, -0.2) is 0 Å².